The SMILES string of the molecule is CCCCNC(=O)CSc1ccc([N+](=O)[O-])cc1. The molecule has 98 valence electrons. The lowest BCUT2D eigenvalue weighted by molar-refractivity contribution is -0.384. The van der Waals surface area contributed by atoms with Gasteiger partial charge in [-0.1, -0.05) is 13.3 Å². The summed E-state index contributed by atoms with van der Waals surface area (Å²) < 4.78 is 0. The Kier molecular flexibility index (Phi) is 6.21. The maximum Gasteiger partial charge on any atom is 0.269 e. The van der Waals surface area contributed by atoms with Gasteiger partial charge in [0, 0.05) is 23.6 Å². The zero-order valence-electron chi connectivity index (χ0n) is 10.2. The van der Waals surface area contributed by atoms with Gasteiger partial charge in [-0.15, -0.1) is 11.8 Å². The number of rotatable bonds is 7. The second-order valence-electron chi connectivity index (χ2n) is 3.74. The number of hydrogen-bond donors (Lipinski definition) is 1. The summed E-state index contributed by atoms with van der Waals surface area (Å²) in [4.78, 5) is 22.3. The number of carbonyl (C=O) groups is 1. The van der Waals surface area contributed by atoms with E-state index in [1.807, 2.05) is 0 Å². The standard InChI is InChI=1S/C12H16N2O3S/c1-2-3-8-13-12(15)9-18-11-6-4-10(5-7-11)14(16)17/h4-7H,2-3,8-9H2,1H3,(H,13,15). The topological polar surface area (TPSA) is 72.2 Å². The molecule has 6 heteroatoms. The van der Waals surface area contributed by atoms with E-state index in [1.54, 1.807) is 12.1 Å². The van der Waals surface area contributed by atoms with Crippen LogP contribution in [0.2, 0.25) is 0 Å². The Hall–Kier alpha value is -1.56. The fourth-order valence-corrected chi connectivity index (χ4v) is 2.00. The zero-order chi connectivity index (χ0) is 13.4. The first-order chi connectivity index (χ1) is 8.63. The van der Waals surface area contributed by atoms with Gasteiger partial charge >= 0.3 is 0 Å². The molecule has 0 atom stereocenters. The number of nitrogens with one attached hydrogen (secondary N) is 1. The minimum absolute atomic E-state index is 0.00759. The number of thioether (sulfide) groups is 1. The molecule has 0 heterocycles. The van der Waals surface area contributed by atoms with Crippen LogP contribution in [0.1, 0.15) is 19.8 Å². The molecule has 0 aliphatic carbocycles. The zero-order valence-corrected chi connectivity index (χ0v) is 11.0. The molecular weight excluding hydrogens is 252 g/mol. The highest BCUT2D eigenvalue weighted by molar-refractivity contribution is 8.00. The molecule has 0 saturated heterocycles. The third-order valence-electron chi connectivity index (χ3n) is 2.27. The van der Waals surface area contributed by atoms with Crippen molar-refractivity contribution in [3.05, 3.63) is 34.4 Å². The number of carbonyl (C=O) groups excluding carboxylic acids is 1. The molecule has 1 rings (SSSR count). The van der Waals surface area contributed by atoms with Crippen LogP contribution < -0.4 is 5.32 Å². The van der Waals surface area contributed by atoms with Crippen LogP contribution in [0.25, 0.3) is 0 Å². The maximum absolute atomic E-state index is 11.4. The Bertz CT molecular complexity index is 406. The molecule has 0 aliphatic heterocycles. The van der Waals surface area contributed by atoms with Crippen molar-refractivity contribution in [3.8, 4) is 0 Å². The van der Waals surface area contributed by atoms with Crippen molar-refractivity contribution in [1.29, 1.82) is 0 Å². The van der Waals surface area contributed by atoms with E-state index in [4.69, 9.17) is 0 Å². The van der Waals surface area contributed by atoms with E-state index in [0.29, 0.717) is 12.3 Å². The van der Waals surface area contributed by atoms with Crippen LogP contribution >= 0.6 is 11.8 Å². The third-order valence-corrected chi connectivity index (χ3v) is 3.28. The number of amides is 1. The molecule has 0 bridgehead atoms. The summed E-state index contributed by atoms with van der Waals surface area (Å²) in [5.41, 5.74) is 0.0618. The predicted molar refractivity (Wildman–Crippen MR) is 71.7 cm³/mol. The molecule has 18 heavy (non-hydrogen) atoms. The van der Waals surface area contributed by atoms with Gasteiger partial charge in [0.25, 0.3) is 5.69 Å². The van der Waals surface area contributed by atoms with Crippen LogP contribution in [0.4, 0.5) is 5.69 Å². The molecule has 1 N–H and O–H groups in total. The highest BCUT2D eigenvalue weighted by Gasteiger charge is 2.06. The van der Waals surface area contributed by atoms with Gasteiger partial charge in [-0.05, 0) is 18.6 Å². The fraction of sp³-hybridized carbons (Fsp3) is 0.417. The summed E-state index contributed by atoms with van der Waals surface area (Å²) in [6.07, 6.45) is 2.03. The summed E-state index contributed by atoms with van der Waals surface area (Å²) in [5, 5.41) is 13.3. The normalized spacial score (nSPS) is 10.1. The van der Waals surface area contributed by atoms with Gasteiger partial charge in [0.1, 0.15) is 0 Å². The number of nitrogens with zero attached hydrogens (tertiary/aromatic N) is 1. The summed E-state index contributed by atoms with van der Waals surface area (Å²) in [7, 11) is 0. The number of hydrogen-bond acceptors (Lipinski definition) is 4. The molecule has 1 aromatic rings. The highest BCUT2D eigenvalue weighted by atomic mass is 32.2. The maximum atomic E-state index is 11.4. The Labute approximate surface area is 110 Å². The van der Waals surface area contributed by atoms with E-state index in [-0.39, 0.29) is 11.6 Å². The smallest absolute Gasteiger partial charge is 0.269 e. The van der Waals surface area contributed by atoms with E-state index in [9.17, 15) is 14.9 Å². The molecule has 0 spiro atoms. The van der Waals surface area contributed by atoms with Crippen molar-refractivity contribution in [2.45, 2.75) is 24.7 Å². The van der Waals surface area contributed by atoms with Crippen molar-refractivity contribution in [2.75, 3.05) is 12.3 Å². The summed E-state index contributed by atoms with van der Waals surface area (Å²) >= 11 is 1.37. The highest BCUT2D eigenvalue weighted by Crippen LogP contribution is 2.20. The first kappa shape index (κ1) is 14.5. The number of nitro groups is 1. The van der Waals surface area contributed by atoms with Gasteiger partial charge in [0.15, 0.2) is 0 Å². The van der Waals surface area contributed by atoms with Crippen LogP contribution in [0.3, 0.4) is 0 Å². The molecule has 0 aromatic heterocycles. The van der Waals surface area contributed by atoms with Gasteiger partial charge < -0.3 is 5.32 Å². The van der Waals surface area contributed by atoms with E-state index in [0.717, 1.165) is 17.7 Å². The van der Waals surface area contributed by atoms with Gasteiger partial charge in [-0.2, -0.15) is 0 Å². The van der Waals surface area contributed by atoms with Gasteiger partial charge in [0.2, 0.25) is 5.91 Å². The van der Waals surface area contributed by atoms with Crippen molar-refractivity contribution < 1.29 is 9.72 Å². The molecule has 0 aliphatic rings. The molecular formula is C12H16N2O3S. The number of non-ortho nitro benzene ring substituents is 1. The first-order valence-corrected chi connectivity index (χ1v) is 6.76. The van der Waals surface area contributed by atoms with Gasteiger partial charge in [-0.25, -0.2) is 0 Å². The molecule has 0 saturated carbocycles. The average Bonchev–Trinajstić information content (AvgIpc) is 2.37. The Morgan fingerprint density at radius 2 is 2.06 bits per heavy atom. The van der Waals surface area contributed by atoms with Gasteiger partial charge in [0.05, 0.1) is 10.7 Å². The van der Waals surface area contributed by atoms with Crippen molar-refractivity contribution >= 4 is 23.4 Å². The van der Waals surface area contributed by atoms with E-state index >= 15 is 0 Å². The Morgan fingerprint density at radius 1 is 1.39 bits per heavy atom. The lowest BCUT2D eigenvalue weighted by atomic mass is 10.3. The van der Waals surface area contributed by atoms with E-state index < -0.39 is 4.92 Å². The van der Waals surface area contributed by atoms with E-state index in [2.05, 4.69) is 12.2 Å². The number of unbranched alkanes of at least 4 members (excludes halogenated alkanes) is 1. The van der Waals surface area contributed by atoms with Crippen LogP contribution in [-0.4, -0.2) is 23.1 Å². The molecule has 1 amide bonds. The predicted octanol–water partition coefficient (Wildman–Crippen LogP) is 2.60. The quantitative estimate of drug-likeness (QED) is 0.357. The second kappa shape index (κ2) is 7.71. The van der Waals surface area contributed by atoms with Gasteiger partial charge in [-0.3, -0.25) is 14.9 Å². The van der Waals surface area contributed by atoms with E-state index in [1.165, 1.54) is 23.9 Å². The lowest BCUT2D eigenvalue weighted by Gasteiger charge is -2.04. The largest absolute Gasteiger partial charge is 0.355 e. The molecule has 5 nitrogen and oxygen atoms in total. The minimum Gasteiger partial charge on any atom is -0.355 e. The van der Waals surface area contributed by atoms with Crippen LogP contribution in [-0.2, 0) is 4.79 Å². The van der Waals surface area contributed by atoms with Crippen LogP contribution in [0.15, 0.2) is 29.2 Å². The van der Waals surface area contributed by atoms with Crippen molar-refractivity contribution in [3.63, 3.8) is 0 Å². The van der Waals surface area contributed by atoms with Crippen molar-refractivity contribution in [1.82, 2.24) is 5.32 Å². The lowest BCUT2D eigenvalue weighted by Crippen LogP contribution is -2.25. The Balaban J connectivity index is 2.34. The molecule has 1 aromatic carbocycles. The van der Waals surface area contributed by atoms with Crippen LogP contribution in [0.5, 0.6) is 0 Å². The monoisotopic (exact) mass is 268 g/mol. The number of nitro benzene ring substituents is 1. The summed E-state index contributed by atoms with van der Waals surface area (Å²) in [6.45, 7) is 2.77. The minimum atomic E-state index is -0.439. The first-order valence-electron chi connectivity index (χ1n) is 5.77. The average molecular weight is 268 g/mol. The number of benzene rings is 1. The van der Waals surface area contributed by atoms with Crippen LogP contribution in [0, 0.1) is 10.1 Å². The summed E-state index contributed by atoms with van der Waals surface area (Å²) in [6, 6.07) is 6.19. The second-order valence-corrected chi connectivity index (χ2v) is 4.79. The Morgan fingerprint density at radius 3 is 2.61 bits per heavy atom. The molecule has 0 unspecified atom stereocenters. The molecule has 0 radical (unpaired) electrons. The third kappa shape index (κ3) is 5.18. The van der Waals surface area contributed by atoms with Crippen molar-refractivity contribution in [2.24, 2.45) is 0 Å². The molecule has 0 fully saturated rings. The summed E-state index contributed by atoms with van der Waals surface area (Å²) in [5.74, 6) is 0.327. The fourth-order valence-electron chi connectivity index (χ4n) is 1.27.